The third-order valence-electron chi connectivity index (χ3n) is 5.27. The summed E-state index contributed by atoms with van der Waals surface area (Å²) < 4.78 is 0. The molecule has 0 saturated carbocycles. The maximum Gasteiger partial charge on any atom is 0.187 e. The SMILES string of the molecule is Cc1cccc([C@@H](C)C(=O)c2cc3cc4c(-c5ccncc5)n[nH]c4cc3[nH]2)n1. The number of H-pyrrole nitrogens is 2. The molecule has 1 aromatic carbocycles. The van der Waals surface area contributed by atoms with E-state index in [1.54, 1.807) is 12.4 Å². The van der Waals surface area contributed by atoms with E-state index in [1.807, 2.05) is 56.3 Å². The molecule has 0 amide bonds. The zero-order valence-corrected chi connectivity index (χ0v) is 16.1. The van der Waals surface area contributed by atoms with Crippen LogP contribution in [0.15, 0.2) is 60.9 Å². The highest BCUT2D eigenvalue weighted by Gasteiger charge is 2.21. The number of nitrogens with zero attached hydrogens (tertiary/aromatic N) is 3. The number of Topliss-reactive ketones (excluding diaryl/α,β-unsaturated/α-hetero) is 1. The molecule has 142 valence electrons. The first-order valence-corrected chi connectivity index (χ1v) is 9.49. The molecule has 1 atom stereocenters. The molecule has 5 aromatic rings. The topological polar surface area (TPSA) is 87.3 Å². The molecule has 6 heteroatoms. The first-order valence-electron chi connectivity index (χ1n) is 9.49. The lowest BCUT2D eigenvalue weighted by Gasteiger charge is -2.09. The Kier molecular flexibility index (Phi) is 3.98. The van der Waals surface area contributed by atoms with Crippen LogP contribution in [0.5, 0.6) is 0 Å². The Morgan fingerprint density at radius 2 is 1.86 bits per heavy atom. The van der Waals surface area contributed by atoms with E-state index in [0.29, 0.717) is 5.69 Å². The van der Waals surface area contributed by atoms with Gasteiger partial charge in [-0.05, 0) is 56.3 Å². The van der Waals surface area contributed by atoms with Gasteiger partial charge in [0, 0.05) is 39.9 Å². The molecule has 0 aliphatic heterocycles. The largest absolute Gasteiger partial charge is 0.352 e. The lowest BCUT2D eigenvalue weighted by Crippen LogP contribution is -2.11. The maximum absolute atomic E-state index is 13.0. The van der Waals surface area contributed by atoms with Gasteiger partial charge in [0.05, 0.1) is 22.8 Å². The number of aromatic amines is 2. The Hall–Kier alpha value is -3.80. The Morgan fingerprint density at radius 3 is 2.66 bits per heavy atom. The fraction of sp³-hybridized carbons (Fsp3) is 0.130. The summed E-state index contributed by atoms with van der Waals surface area (Å²) in [5.41, 5.74) is 5.96. The maximum atomic E-state index is 13.0. The third kappa shape index (κ3) is 2.99. The second-order valence-electron chi connectivity index (χ2n) is 7.27. The van der Waals surface area contributed by atoms with Crippen molar-refractivity contribution in [2.24, 2.45) is 0 Å². The van der Waals surface area contributed by atoms with Crippen molar-refractivity contribution in [3.8, 4) is 11.3 Å². The molecule has 4 aromatic heterocycles. The van der Waals surface area contributed by atoms with E-state index in [9.17, 15) is 4.79 Å². The third-order valence-corrected chi connectivity index (χ3v) is 5.27. The number of carbonyl (C=O) groups excluding carboxylic acids is 1. The van der Waals surface area contributed by atoms with Crippen LogP contribution in [0.1, 0.15) is 34.7 Å². The molecule has 0 fully saturated rings. The van der Waals surface area contributed by atoms with Gasteiger partial charge in [0.1, 0.15) is 5.69 Å². The minimum atomic E-state index is -0.318. The molecule has 6 nitrogen and oxygen atoms in total. The Bertz CT molecular complexity index is 1350. The fourth-order valence-electron chi connectivity index (χ4n) is 3.68. The van der Waals surface area contributed by atoms with Crippen molar-refractivity contribution in [3.05, 3.63) is 78.0 Å². The summed E-state index contributed by atoms with van der Waals surface area (Å²) in [5.74, 6) is -0.294. The second-order valence-corrected chi connectivity index (χ2v) is 7.27. The average Bonchev–Trinajstić information content (AvgIpc) is 3.35. The number of aryl methyl sites for hydroxylation is 1. The Labute approximate surface area is 167 Å². The van der Waals surface area contributed by atoms with E-state index in [4.69, 9.17) is 0 Å². The van der Waals surface area contributed by atoms with Gasteiger partial charge in [-0.3, -0.25) is 19.9 Å². The number of nitrogens with one attached hydrogen (secondary N) is 2. The molecular formula is C23H19N5O. The number of benzene rings is 1. The number of hydrogen-bond donors (Lipinski definition) is 2. The summed E-state index contributed by atoms with van der Waals surface area (Å²) >= 11 is 0. The van der Waals surface area contributed by atoms with Gasteiger partial charge >= 0.3 is 0 Å². The highest BCUT2D eigenvalue weighted by Crippen LogP contribution is 2.30. The van der Waals surface area contributed by atoms with Gasteiger partial charge in [-0.2, -0.15) is 5.10 Å². The van der Waals surface area contributed by atoms with Gasteiger partial charge < -0.3 is 4.98 Å². The van der Waals surface area contributed by atoms with Crippen LogP contribution in [0, 0.1) is 6.92 Å². The second kappa shape index (κ2) is 6.67. The van der Waals surface area contributed by atoms with Crippen molar-refractivity contribution in [3.63, 3.8) is 0 Å². The number of carbonyl (C=O) groups is 1. The number of rotatable bonds is 4. The molecule has 29 heavy (non-hydrogen) atoms. The zero-order chi connectivity index (χ0) is 20.0. The standard InChI is InChI=1S/C23H19N5O/c1-13-4-3-5-18(25-13)14(2)23(29)21-11-16-10-17-20(12-19(16)26-21)27-28-22(17)15-6-8-24-9-7-15/h3-12,14,26H,1-2H3,(H,27,28)/t14-/m1/s1. The fourth-order valence-corrected chi connectivity index (χ4v) is 3.68. The first kappa shape index (κ1) is 17.3. The van der Waals surface area contributed by atoms with E-state index in [-0.39, 0.29) is 11.7 Å². The monoisotopic (exact) mass is 381 g/mol. The number of fused-ring (bicyclic) bond motifs is 2. The van der Waals surface area contributed by atoms with Crippen LogP contribution in [0.3, 0.4) is 0 Å². The van der Waals surface area contributed by atoms with Crippen molar-refractivity contribution in [2.45, 2.75) is 19.8 Å². The number of pyridine rings is 2. The van der Waals surface area contributed by atoms with Crippen molar-refractivity contribution in [1.29, 1.82) is 0 Å². The van der Waals surface area contributed by atoms with E-state index in [2.05, 4.69) is 31.2 Å². The lowest BCUT2D eigenvalue weighted by molar-refractivity contribution is 0.0960. The van der Waals surface area contributed by atoms with Gasteiger partial charge in [0.25, 0.3) is 0 Å². The summed E-state index contributed by atoms with van der Waals surface area (Å²) in [7, 11) is 0. The summed E-state index contributed by atoms with van der Waals surface area (Å²) in [4.78, 5) is 24.9. The predicted octanol–water partition coefficient (Wildman–Crippen LogP) is 4.80. The Morgan fingerprint density at radius 1 is 1.03 bits per heavy atom. The minimum absolute atomic E-state index is 0.0236. The van der Waals surface area contributed by atoms with Crippen LogP contribution in [-0.2, 0) is 0 Å². The number of hydrogen-bond acceptors (Lipinski definition) is 4. The molecule has 0 aliphatic rings. The molecule has 5 rings (SSSR count). The Balaban J connectivity index is 1.56. The van der Waals surface area contributed by atoms with Crippen LogP contribution < -0.4 is 0 Å². The molecule has 0 aliphatic carbocycles. The van der Waals surface area contributed by atoms with Gasteiger partial charge in [-0.1, -0.05) is 6.07 Å². The summed E-state index contributed by atoms with van der Waals surface area (Å²) in [5, 5.41) is 9.53. The molecule has 2 N–H and O–H groups in total. The molecule has 0 saturated heterocycles. The lowest BCUT2D eigenvalue weighted by atomic mass is 9.99. The smallest absolute Gasteiger partial charge is 0.187 e. The van der Waals surface area contributed by atoms with Crippen LogP contribution in [-0.4, -0.2) is 30.9 Å². The summed E-state index contributed by atoms with van der Waals surface area (Å²) in [6.07, 6.45) is 3.50. The van der Waals surface area contributed by atoms with E-state index >= 15 is 0 Å². The van der Waals surface area contributed by atoms with Crippen molar-refractivity contribution in [2.75, 3.05) is 0 Å². The van der Waals surface area contributed by atoms with Gasteiger partial charge in [0.2, 0.25) is 0 Å². The van der Waals surface area contributed by atoms with Crippen LogP contribution in [0.25, 0.3) is 33.1 Å². The van der Waals surface area contributed by atoms with E-state index < -0.39 is 0 Å². The molecule has 0 spiro atoms. The minimum Gasteiger partial charge on any atom is -0.352 e. The summed E-state index contributed by atoms with van der Waals surface area (Å²) in [6, 6.07) is 15.6. The van der Waals surface area contributed by atoms with Gasteiger partial charge in [-0.25, -0.2) is 0 Å². The van der Waals surface area contributed by atoms with Crippen molar-refractivity contribution >= 4 is 27.6 Å². The van der Waals surface area contributed by atoms with Crippen LogP contribution >= 0.6 is 0 Å². The molecule has 0 bridgehead atoms. The highest BCUT2D eigenvalue weighted by atomic mass is 16.1. The van der Waals surface area contributed by atoms with Crippen LogP contribution in [0.2, 0.25) is 0 Å². The highest BCUT2D eigenvalue weighted by molar-refractivity contribution is 6.06. The van der Waals surface area contributed by atoms with E-state index in [1.165, 1.54) is 0 Å². The van der Waals surface area contributed by atoms with Crippen molar-refractivity contribution in [1.82, 2.24) is 25.1 Å². The van der Waals surface area contributed by atoms with Crippen LogP contribution in [0.4, 0.5) is 0 Å². The number of aromatic nitrogens is 5. The van der Waals surface area contributed by atoms with Gasteiger partial charge in [-0.15, -0.1) is 0 Å². The molecule has 0 radical (unpaired) electrons. The van der Waals surface area contributed by atoms with E-state index in [0.717, 1.165) is 44.5 Å². The average molecular weight is 381 g/mol. The number of ketones is 1. The quantitative estimate of drug-likeness (QED) is 0.438. The summed E-state index contributed by atoms with van der Waals surface area (Å²) in [6.45, 7) is 3.82. The molecule has 0 unspecified atom stereocenters. The predicted molar refractivity (Wildman–Crippen MR) is 113 cm³/mol. The first-order chi connectivity index (χ1) is 14.1. The molecule has 4 heterocycles. The van der Waals surface area contributed by atoms with Crippen molar-refractivity contribution < 1.29 is 4.79 Å². The normalized spacial score (nSPS) is 12.5. The zero-order valence-electron chi connectivity index (χ0n) is 16.1. The van der Waals surface area contributed by atoms with Gasteiger partial charge in [0.15, 0.2) is 5.78 Å². The molecular weight excluding hydrogens is 362 g/mol.